The Morgan fingerprint density at radius 2 is 1.92 bits per heavy atom. The first kappa shape index (κ1) is 18.8. The highest BCUT2D eigenvalue weighted by Gasteiger charge is 2.34. The zero-order valence-corrected chi connectivity index (χ0v) is 14.7. The molecule has 1 aromatic carbocycles. The molecule has 1 atom stereocenters. The van der Waals surface area contributed by atoms with E-state index in [1.807, 2.05) is 31.2 Å². The van der Waals surface area contributed by atoms with Crippen LogP contribution in [0.3, 0.4) is 0 Å². The number of amides is 3. The molecule has 1 aliphatic heterocycles. The van der Waals surface area contributed by atoms with Gasteiger partial charge in [0.1, 0.15) is 6.04 Å². The number of carboxylic acids is 1. The van der Waals surface area contributed by atoms with E-state index >= 15 is 0 Å². The van der Waals surface area contributed by atoms with Crippen LogP contribution in [0.4, 0.5) is 4.79 Å². The quantitative estimate of drug-likeness (QED) is 0.765. The van der Waals surface area contributed by atoms with Crippen molar-refractivity contribution < 1.29 is 19.5 Å². The molecular formula is C18H25N3O4. The number of urea groups is 1. The summed E-state index contributed by atoms with van der Waals surface area (Å²) >= 11 is 0. The first-order valence-corrected chi connectivity index (χ1v) is 8.49. The van der Waals surface area contributed by atoms with Crippen LogP contribution in [-0.2, 0) is 16.1 Å². The van der Waals surface area contributed by atoms with Crippen molar-refractivity contribution in [3.8, 4) is 0 Å². The minimum atomic E-state index is -0.887. The highest BCUT2D eigenvalue weighted by atomic mass is 16.4. The van der Waals surface area contributed by atoms with Gasteiger partial charge in [-0.25, -0.2) is 4.79 Å². The SMILES string of the molecule is Cc1ccc(CN2CCN(C(=O)NCCCC(=O)O)[C@H](C)C2=O)cc1. The fourth-order valence-corrected chi connectivity index (χ4v) is 2.81. The molecule has 3 amide bonds. The Balaban J connectivity index is 1.86. The van der Waals surface area contributed by atoms with Gasteiger partial charge < -0.3 is 20.2 Å². The van der Waals surface area contributed by atoms with Crippen LogP contribution in [0.1, 0.15) is 30.9 Å². The molecule has 7 heteroatoms. The molecule has 0 aliphatic carbocycles. The van der Waals surface area contributed by atoms with Gasteiger partial charge in [-0.3, -0.25) is 9.59 Å². The lowest BCUT2D eigenvalue weighted by atomic mass is 10.1. The third kappa shape index (κ3) is 5.20. The Morgan fingerprint density at radius 1 is 1.24 bits per heavy atom. The predicted molar refractivity (Wildman–Crippen MR) is 93.0 cm³/mol. The highest BCUT2D eigenvalue weighted by Crippen LogP contribution is 2.15. The molecule has 2 N–H and O–H groups in total. The third-order valence-corrected chi connectivity index (χ3v) is 4.35. The normalized spacial score (nSPS) is 17.5. The van der Waals surface area contributed by atoms with E-state index in [2.05, 4.69) is 5.32 Å². The predicted octanol–water partition coefficient (Wildman–Crippen LogP) is 1.60. The molecular weight excluding hydrogens is 322 g/mol. The molecule has 0 bridgehead atoms. The van der Waals surface area contributed by atoms with Crippen molar-refractivity contribution in [2.45, 2.75) is 39.3 Å². The first-order chi connectivity index (χ1) is 11.9. The molecule has 0 spiro atoms. The molecule has 1 fully saturated rings. The van der Waals surface area contributed by atoms with Gasteiger partial charge in [-0.15, -0.1) is 0 Å². The molecule has 136 valence electrons. The summed E-state index contributed by atoms with van der Waals surface area (Å²) in [6.07, 6.45) is 0.385. The van der Waals surface area contributed by atoms with Crippen molar-refractivity contribution in [1.29, 1.82) is 0 Å². The van der Waals surface area contributed by atoms with Crippen molar-refractivity contribution in [2.75, 3.05) is 19.6 Å². The molecule has 1 aromatic rings. The summed E-state index contributed by atoms with van der Waals surface area (Å²) in [7, 11) is 0. The van der Waals surface area contributed by atoms with E-state index < -0.39 is 12.0 Å². The van der Waals surface area contributed by atoms with Gasteiger partial charge in [-0.2, -0.15) is 0 Å². The number of rotatable bonds is 6. The summed E-state index contributed by atoms with van der Waals surface area (Å²) in [5.74, 6) is -0.963. The summed E-state index contributed by atoms with van der Waals surface area (Å²) in [5, 5.41) is 11.3. The van der Waals surface area contributed by atoms with Crippen molar-refractivity contribution in [3.05, 3.63) is 35.4 Å². The fraction of sp³-hybridized carbons (Fsp3) is 0.500. The first-order valence-electron chi connectivity index (χ1n) is 8.49. The number of aliphatic carboxylic acids is 1. The second-order valence-electron chi connectivity index (χ2n) is 6.34. The van der Waals surface area contributed by atoms with E-state index in [-0.39, 0.29) is 24.9 Å². The number of benzene rings is 1. The second-order valence-corrected chi connectivity index (χ2v) is 6.34. The molecule has 25 heavy (non-hydrogen) atoms. The average molecular weight is 347 g/mol. The van der Waals surface area contributed by atoms with Gasteiger partial charge in [0, 0.05) is 32.6 Å². The van der Waals surface area contributed by atoms with Crippen LogP contribution < -0.4 is 5.32 Å². The maximum atomic E-state index is 12.6. The van der Waals surface area contributed by atoms with E-state index in [1.54, 1.807) is 11.8 Å². The largest absolute Gasteiger partial charge is 0.481 e. The summed E-state index contributed by atoms with van der Waals surface area (Å²) in [4.78, 5) is 38.5. The Hall–Kier alpha value is -2.57. The van der Waals surface area contributed by atoms with Gasteiger partial charge in [0.2, 0.25) is 5.91 Å². The molecule has 0 saturated carbocycles. The maximum absolute atomic E-state index is 12.6. The van der Waals surface area contributed by atoms with Gasteiger partial charge in [-0.05, 0) is 25.8 Å². The number of hydrogen-bond acceptors (Lipinski definition) is 3. The van der Waals surface area contributed by atoms with Crippen LogP contribution in [0.2, 0.25) is 0 Å². The minimum absolute atomic E-state index is 0.0130. The van der Waals surface area contributed by atoms with E-state index in [9.17, 15) is 14.4 Å². The van der Waals surface area contributed by atoms with Gasteiger partial charge in [-0.1, -0.05) is 29.8 Å². The van der Waals surface area contributed by atoms with Crippen LogP contribution in [0, 0.1) is 6.92 Å². The molecule has 2 rings (SSSR count). The number of nitrogens with one attached hydrogen (secondary N) is 1. The van der Waals surface area contributed by atoms with Crippen molar-refractivity contribution in [1.82, 2.24) is 15.1 Å². The molecule has 1 aliphatic rings. The summed E-state index contributed by atoms with van der Waals surface area (Å²) < 4.78 is 0. The minimum Gasteiger partial charge on any atom is -0.481 e. The van der Waals surface area contributed by atoms with Crippen LogP contribution in [0.25, 0.3) is 0 Å². The fourth-order valence-electron chi connectivity index (χ4n) is 2.81. The van der Waals surface area contributed by atoms with Crippen molar-refractivity contribution >= 4 is 17.9 Å². The maximum Gasteiger partial charge on any atom is 0.318 e. The monoisotopic (exact) mass is 347 g/mol. The Kier molecular flexibility index (Phi) is 6.38. The summed E-state index contributed by atoms with van der Waals surface area (Å²) in [6, 6.07) is 7.21. The second kappa shape index (κ2) is 8.50. The Labute approximate surface area is 147 Å². The third-order valence-electron chi connectivity index (χ3n) is 4.35. The zero-order chi connectivity index (χ0) is 18.4. The molecule has 0 unspecified atom stereocenters. The van der Waals surface area contributed by atoms with Crippen LogP contribution >= 0.6 is 0 Å². The summed E-state index contributed by atoms with van der Waals surface area (Å²) in [5.41, 5.74) is 2.24. The van der Waals surface area contributed by atoms with E-state index in [4.69, 9.17) is 5.11 Å². The lowest BCUT2D eigenvalue weighted by Gasteiger charge is -2.39. The van der Waals surface area contributed by atoms with Crippen molar-refractivity contribution in [2.24, 2.45) is 0 Å². The number of piperazine rings is 1. The van der Waals surface area contributed by atoms with E-state index in [0.717, 1.165) is 5.56 Å². The number of carbonyl (C=O) groups excluding carboxylic acids is 2. The lowest BCUT2D eigenvalue weighted by molar-refractivity contribution is -0.140. The number of aryl methyl sites for hydroxylation is 1. The molecule has 0 aromatic heterocycles. The van der Waals surface area contributed by atoms with Crippen LogP contribution in [-0.4, -0.2) is 58.5 Å². The van der Waals surface area contributed by atoms with Crippen molar-refractivity contribution in [3.63, 3.8) is 0 Å². The van der Waals surface area contributed by atoms with Gasteiger partial charge in [0.05, 0.1) is 0 Å². The van der Waals surface area contributed by atoms with E-state index in [1.165, 1.54) is 10.5 Å². The Morgan fingerprint density at radius 3 is 2.56 bits per heavy atom. The average Bonchev–Trinajstić information content (AvgIpc) is 2.57. The number of nitrogens with zero attached hydrogens (tertiary/aromatic N) is 2. The van der Waals surface area contributed by atoms with E-state index in [0.29, 0.717) is 26.1 Å². The molecule has 7 nitrogen and oxygen atoms in total. The topological polar surface area (TPSA) is 89.9 Å². The Bertz CT molecular complexity index is 630. The molecule has 1 heterocycles. The van der Waals surface area contributed by atoms with Gasteiger partial charge in [0.25, 0.3) is 0 Å². The van der Waals surface area contributed by atoms with Gasteiger partial charge in [0.15, 0.2) is 0 Å². The van der Waals surface area contributed by atoms with Gasteiger partial charge >= 0.3 is 12.0 Å². The number of hydrogen-bond donors (Lipinski definition) is 2. The lowest BCUT2D eigenvalue weighted by Crippen LogP contribution is -2.59. The van der Waals surface area contributed by atoms with Crippen LogP contribution in [0.15, 0.2) is 24.3 Å². The standard InChI is InChI=1S/C18H25N3O4/c1-13-5-7-15(8-6-13)12-20-10-11-21(14(2)17(20)24)18(25)19-9-3-4-16(22)23/h5-8,14H,3-4,9-12H2,1-2H3,(H,19,25)(H,22,23)/t14-/m1/s1. The highest BCUT2D eigenvalue weighted by molar-refractivity contribution is 5.88. The zero-order valence-electron chi connectivity index (χ0n) is 14.7. The molecule has 0 radical (unpaired) electrons. The van der Waals surface area contributed by atoms with Crippen LogP contribution in [0.5, 0.6) is 0 Å². The summed E-state index contributed by atoms with van der Waals surface area (Å²) in [6.45, 7) is 5.52. The molecule has 1 saturated heterocycles. The smallest absolute Gasteiger partial charge is 0.318 e. The number of carbonyl (C=O) groups is 3. The number of carboxylic acid groups (broad SMARTS) is 1.